The molecule has 1 amide bonds. The van der Waals surface area contributed by atoms with E-state index in [0.717, 1.165) is 5.56 Å². The molecule has 0 heterocycles. The van der Waals surface area contributed by atoms with Gasteiger partial charge in [-0.2, -0.15) is 0 Å². The molecule has 0 aromatic heterocycles. The first kappa shape index (κ1) is 21.9. The van der Waals surface area contributed by atoms with Gasteiger partial charge in [-0.05, 0) is 48.4 Å². The Labute approximate surface area is 182 Å². The topological polar surface area (TPSA) is 66.5 Å². The lowest BCUT2D eigenvalue weighted by molar-refractivity contribution is -0.120. The molecule has 0 aliphatic heterocycles. The predicted molar refractivity (Wildman–Crippen MR) is 120 cm³/mol. The standard InChI is InChI=1S/C23H23ClN2O3S/c24-20-12-14-22(15-13-20)30(28,29)26(21-10-5-2-6-11-21)17-7-16-25-23(27)18-19-8-3-1-4-9-19/h1-6,8-15H,7,16-18H2,(H,25,27). The third-order valence-electron chi connectivity index (χ3n) is 4.51. The monoisotopic (exact) mass is 442 g/mol. The van der Waals surface area contributed by atoms with E-state index in [-0.39, 0.29) is 17.3 Å². The van der Waals surface area contributed by atoms with E-state index in [1.54, 1.807) is 36.4 Å². The quantitative estimate of drug-likeness (QED) is 0.503. The first-order valence-corrected chi connectivity index (χ1v) is 11.4. The normalized spacial score (nSPS) is 11.1. The summed E-state index contributed by atoms with van der Waals surface area (Å²) in [5, 5.41) is 3.33. The molecule has 0 atom stereocenters. The van der Waals surface area contributed by atoms with Gasteiger partial charge in [0, 0.05) is 18.1 Å². The third-order valence-corrected chi connectivity index (χ3v) is 6.61. The highest BCUT2D eigenvalue weighted by Crippen LogP contribution is 2.24. The van der Waals surface area contributed by atoms with Crippen LogP contribution in [-0.2, 0) is 21.2 Å². The van der Waals surface area contributed by atoms with E-state index in [1.807, 2.05) is 36.4 Å². The maximum absolute atomic E-state index is 13.2. The number of para-hydroxylation sites is 1. The first-order valence-electron chi connectivity index (χ1n) is 9.61. The Hall–Kier alpha value is -2.83. The number of hydrogen-bond acceptors (Lipinski definition) is 3. The second kappa shape index (κ2) is 10.3. The SMILES string of the molecule is O=C(Cc1ccccc1)NCCCN(c1ccccc1)S(=O)(=O)c1ccc(Cl)cc1. The number of halogens is 1. The van der Waals surface area contributed by atoms with Gasteiger partial charge in [0.05, 0.1) is 17.0 Å². The van der Waals surface area contributed by atoms with Gasteiger partial charge >= 0.3 is 0 Å². The van der Waals surface area contributed by atoms with E-state index >= 15 is 0 Å². The molecule has 1 N–H and O–H groups in total. The van der Waals surface area contributed by atoms with Gasteiger partial charge in [0.25, 0.3) is 10.0 Å². The maximum atomic E-state index is 13.2. The molecule has 156 valence electrons. The van der Waals surface area contributed by atoms with Crippen LogP contribution < -0.4 is 9.62 Å². The van der Waals surface area contributed by atoms with Crippen LogP contribution in [-0.4, -0.2) is 27.4 Å². The van der Waals surface area contributed by atoms with Crippen LogP contribution in [0.5, 0.6) is 0 Å². The van der Waals surface area contributed by atoms with Crippen molar-refractivity contribution in [3.63, 3.8) is 0 Å². The molecule has 5 nitrogen and oxygen atoms in total. The van der Waals surface area contributed by atoms with Crippen molar-refractivity contribution < 1.29 is 13.2 Å². The van der Waals surface area contributed by atoms with Crippen LogP contribution in [0.3, 0.4) is 0 Å². The summed E-state index contributed by atoms with van der Waals surface area (Å²) < 4.78 is 27.8. The summed E-state index contributed by atoms with van der Waals surface area (Å²) in [5.41, 5.74) is 1.51. The summed E-state index contributed by atoms with van der Waals surface area (Å²) in [4.78, 5) is 12.3. The molecule has 0 spiro atoms. The molecule has 0 fully saturated rings. The fourth-order valence-electron chi connectivity index (χ4n) is 3.01. The first-order chi connectivity index (χ1) is 14.5. The predicted octanol–water partition coefficient (Wildman–Crippen LogP) is 4.28. The number of carbonyl (C=O) groups is 1. The fraction of sp³-hybridized carbons (Fsp3) is 0.174. The minimum atomic E-state index is -3.76. The number of anilines is 1. The van der Waals surface area contributed by atoms with Gasteiger partial charge in [0.2, 0.25) is 5.91 Å². The van der Waals surface area contributed by atoms with Crippen molar-refractivity contribution in [2.75, 3.05) is 17.4 Å². The van der Waals surface area contributed by atoms with Gasteiger partial charge in [0.1, 0.15) is 0 Å². The van der Waals surface area contributed by atoms with Crippen molar-refractivity contribution in [3.05, 3.63) is 95.5 Å². The Morgan fingerprint density at radius 2 is 1.47 bits per heavy atom. The van der Waals surface area contributed by atoms with E-state index in [0.29, 0.717) is 30.1 Å². The largest absolute Gasteiger partial charge is 0.356 e. The molecule has 0 bridgehead atoms. The number of nitrogens with zero attached hydrogens (tertiary/aromatic N) is 1. The number of carbonyl (C=O) groups excluding carboxylic acids is 1. The zero-order valence-electron chi connectivity index (χ0n) is 16.4. The van der Waals surface area contributed by atoms with Crippen LogP contribution in [0, 0.1) is 0 Å². The highest BCUT2D eigenvalue weighted by atomic mass is 35.5. The molecule has 0 saturated carbocycles. The Morgan fingerprint density at radius 1 is 0.867 bits per heavy atom. The zero-order valence-corrected chi connectivity index (χ0v) is 17.9. The zero-order chi connectivity index (χ0) is 21.4. The Balaban J connectivity index is 1.65. The molecular formula is C23H23ClN2O3S. The van der Waals surface area contributed by atoms with Crippen LogP contribution in [0.2, 0.25) is 5.02 Å². The summed E-state index contributed by atoms with van der Waals surface area (Å²) in [5.74, 6) is -0.0898. The molecule has 3 aromatic carbocycles. The third kappa shape index (κ3) is 5.84. The van der Waals surface area contributed by atoms with Crippen LogP contribution in [0.4, 0.5) is 5.69 Å². The molecule has 0 saturated heterocycles. The second-order valence-corrected chi connectivity index (χ2v) is 9.03. The summed E-state index contributed by atoms with van der Waals surface area (Å²) in [6.07, 6.45) is 0.772. The van der Waals surface area contributed by atoms with Crippen molar-refractivity contribution in [1.82, 2.24) is 5.32 Å². The lowest BCUT2D eigenvalue weighted by Crippen LogP contribution is -2.34. The Morgan fingerprint density at radius 3 is 2.10 bits per heavy atom. The van der Waals surface area contributed by atoms with Crippen molar-refractivity contribution in [2.45, 2.75) is 17.7 Å². The molecule has 0 unspecified atom stereocenters. The van der Waals surface area contributed by atoms with Crippen molar-refractivity contribution >= 4 is 33.2 Å². The average Bonchev–Trinajstić information content (AvgIpc) is 2.75. The highest BCUT2D eigenvalue weighted by Gasteiger charge is 2.24. The number of benzene rings is 3. The van der Waals surface area contributed by atoms with E-state index in [2.05, 4.69) is 5.32 Å². The van der Waals surface area contributed by atoms with Crippen molar-refractivity contribution in [1.29, 1.82) is 0 Å². The molecule has 30 heavy (non-hydrogen) atoms. The lowest BCUT2D eigenvalue weighted by Gasteiger charge is -2.24. The molecule has 0 aliphatic rings. The molecule has 7 heteroatoms. The number of amides is 1. The Bertz CT molecular complexity index is 1060. The van der Waals surface area contributed by atoms with E-state index in [1.165, 1.54) is 16.4 Å². The number of hydrogen-bond donors (Lipinski definition) is 1. The van der Waals surface area contributed by atoms with Crippen LogP contribution in [0.15, 0.2) is 89.8 Å². The van der Waals surface area contributed by atoms with Gasteiger partial charge in [-0.3, -0.25) is 9.10 Å². The fourth-order valence-corrected chi connectivity index (χ4v) is 4.64. The van der Waals surface area contributed by atoms with Gasteiger partial charge in [0.15, 0.2) is 0 Å². The van der Waals surface area contributed by atoms with Crippen molar-refractivity contribution in [3.8, 4) is 0 Å². The van der Waals surface area contributed by atoms with E-state index in [9.17, 15) is 13.2 Å². The molecule has 0 radical (unpaired) electrons. The molecule has 3 rings (SSSR count). The van der Waals surface area contributed by atoms with Crippen LogP contribution in [0.25, 0.3) is 0 Å². The average molecular weight is 443 g/mol. The van der Waals surface area contributed by atoms with Gasteiger partial charge in [-0.15, -0.1) is 0 Å². The van der Waals surface area contributed by atoms with E-state index in [4.69, 9.17) is 11.6 Å². The summed E-state index contributed by atoms with van der Waals surface area (Å²) in [6, 6.07) is 24.5. The van der Waals surface area contributed by atoms with Crippen LogP contribution in [0.1, 0.15) is 12.0 Å². The number of nitrogens with one attached hydrogen (secondary N) is 1. The van der Waals surface area contributed by atoms with E-state index < -0.39 is 10.0 Å². The molecule has 0 aliphatic carbocycles. The lowest BCUT2D eigenvalue weighted by atomic mass is 10.1. The van der Waals surface area contributed by atoms with Crippen LogP contribution >= 0.6 is 11.6 Å². The van der Waals surface area contributed by atoms with Crippen molar-refractivity contribution in [2.24, 2.45) is 0 Å². The van der Waals surface area contributed by atoms with Gasteiger partial charge in [-0.1, -0.05) is 60.1 Å². The smallest absolute Gasteiger partial charge is 0.264 e. The molecule has 3 aromatic rings. The number of sulfonamides is 1. The minimum absolute atomic E-state index is 0.0898. The maximum Gasteiger partial charge on any atom is 0.264 e. The highest BCUT2D eigenvalue weighted by molar-refractivity contribution is 7.92. The van der Waals surface area contributed by atoms with Gasteiger partial charge < -0.3 is 5.32 Å². The summed E-state index contributed by atoms with van der Waals surface area (Å²) >= 11 is 5.90. The summed E-state index contributed by atoms with van der Waals surface area (Å²) in [7, 11) is -3.76. The second-order valence-electron chi connectivity index (χ2n) is 6.73. The molecular weight excluding hydrogens is 420 g/mol. The number of rotatable bonds is 9. The minimum Gasteiger partial charge on any atom is -0.356 e. The Kier molecular flexibility index (Phi) is 7.49. The van der Waals surface area contributed by atoms with Gasteiger partial charge in [-0.25, -0.2) is 8.42 Å². The summed E-state index contributed by atoms with van der Waals surface area (Å²) in [6.45, 7) is 0.617.